The fourth-order valence-electron chi connectivity index (χ4n) is 1.93. The maximum Gasteiger partial charge on any atom is 0.238 e. The Kier molecular flexibility index (Phi) is 5.18. The van der Waals surface area contributed by atoms with Crippen molar-refractivity contribution in [3.63, 3.8) is 0 Å². The van der Waals surface area contributed by atoms with Gasteiger partial charge in [-0.3, -0.25) is 4.79 Å². The van der Waals surface area contributed by atoms with Gasteiger partial charge in [0, 0.05) is 6.04 Å². The normalized spacial score (nSPS) is 19.6. The Hall–Kier alpha value is -0.840. The number of nitrogens with one attached hydrogen (secondary N) is 1. The van der Waals surface area contributed by atoms with Gasteiger partial charge in [0.1, 0.15) is 5.25 Å². The van der Waals surface area contributed by atoms with Gasteiger partial charge < -0.3 is 5.32 Å². The van der Waals surface area contributed by atoms with Crippen molar-refractivity contribution < 1.29 is 13.2 Å². The van der Waals surface area contributed by atoms with Crippen molar-refractivity contribution in [1.82, 2.24) is 5.32 Å². The Bertz CT molecular complexity index is 381. The van der Waals surface area contributed by atoms with Crippen molar-refractivity contribution in [2.75, 3.05) is 5.75 Å². The van der Waals surface area contributed by atoms with Crippen LogP contribution in [0.25, 0.3) is 0 Å². The van der Waals surface area contributed by atoms with Crippen LogP contribution >= 0.6 is 0 Å². The van der Waals surface area contributed by atoms with Crippen molar-refractivity contribution in [2.45, 2.75) is 50.8 Å². The topological polar surface area (TPSA) is 63.2 Å². The van der Waals surface area contributed by atoms with Crippen molar-refractivity contribution in [3.05, 3.63) is 12.2 Å². The molecule has 1 atom stereocenters. The van der Waals surface area contributed by atoms with Gasteiger partial charge in [0.25, 0.3) is 0 Å². The van der Waals surface area contributed by atoms with Crippen LogP contribution in [-0.2, 0) is 14.6 Å². The van der Waals surface area contributed by atoms with E-state index in [1.807, 2.05) is 0 Å². The summed E-state index contributed by atoms with van der Waals surface area (Å²) in [6.45, 7) is 3.22. The molecule has 0 radical (unpaired) electrons. The van der Waals surface area contributed by atoms with Crippen LogP contribution in [-0.4, -0.2) is 31.4 Å². The summed E-state index contributed by atoms with van der Waals surface area (Å²) < 4.78 is 23.6. The molecule has 1 fully saturated rings. The first kappa shape index (κ1) is 14.2. The summed E-state index contributed by atoms with van der Waals surface area (Å²) in [5.74, 6) is -0.427. The summed E-state index contributed by atoms with van der Waals surface area (Å²) in [7, 11) is -3.36. The second kappa shape index (κ2) is 6.19. The molecular weight excluding hydrogens is 238 g/mol. The van der Waals surface area contributed by atoms with Crippen molar-refractivity contribution in [3.8, 4) is 0 Å². The van der Waals surface area contributed by atoms with Gasteiger partial charge in [0.05, 0.1) is 5.75 Å². The number of rotatable bonds is 5. The zero-order chi connectivity index (χ0) is 12.9. The molecular formula is C12H21NO3S. The van der Waals surface area contributed by atoms with Crippen LogP contribution in [0.15, 0.2) is 12.2 Å². The summed E-state index contributed by atoms with van der Waals surface area (Å²) in [5.41, 5.74) is 0. The SMILES string of the molecule is C/C=C/CS(=O)(=O)[C@H](C)C(=O)NC1CCCC1. The average molecular weight is 259 g/mol. The first-order valence-corrected chi connectivity index (χ1v) is 7.82. The summed E-state index contributed by atoms with van der Waals surface area (Å²) in [6.07, 6.45) is 7.41. The van der Waals surface area contributed by atoms with Crippen LogP contribution < -0.4 is 5.32 Å². The van der Waals surface area contributed by atoms with E-state index in [1.54, 1.807) is 19.1 Å². The van der Waals surface area contributed by atoms with Crippen LogP contribution in [0.5, 0.6) is 0 Å². The zero-order valence-electron chi connectivity index (χ0n) is 10.5. The third-order valence-corrected chi connectivity index (χ3v) is 5.12. The largest absolute Gasteiger partial charge is 0.352 e. The van der Waals surface area contributed by atoms with E-state index in [0.29, 0.717) is 0 Å². The molecule has 1 aliphatic carbocycles. The smallest absolute Gasteiger partial charge is 0.238 e. The van der Waals surface area contributed by atoms with E-state index in [1.165, 1.54) is 6.92 Å². The van der Waals surface area contributed by atoms with Gasteiger partial charge in [-0.15, -0.1) is 0 Å². The highest BCUT2D eigenvalue weighted by Crippen LogP contribution is 2.18. The molecule has 0 unspecified atom stereocenters. The molecule has 0 aliphatic heterocycles. The van der Waals surface area contributed by atoms with Crippen LogP contribution in [0.4, 0.5) is 0 Å². The Morgan fingerprint density at radius 1 is 1.41 bits per heavy atom. The molecule has 0 heterocycles. The number of hydrogen-bond donors (Lipinski definition) is 1. The molecule has 0 aromatic heterocycles. The van der Waals surface area contributed by atoms with Gasteiger partial charge in [0.2, 0.25) is 5.91 Å². The van der Waals surface area contributed by atoms with E-state index in [4.69, 9.17) is 0 Å². The van der Waals surface area contributed by atoms with Gasteiger partial charge in [-0.05, 0) is 26.7 Å². The number of amides is 1. The quantitative estimate of drug-likeness (QED) is 0.760. The highest BCUT2D eigenvalue weighted by molar-refractivity contribution is 7.92. The minimum atomic E-state index is -3.36. The highest BCUT2D eigenvalue weighted by atomic mass is 32.2. The van der Waals surface area contributed by atoms with Crippen LogP contribution in [0.1, 0.15) is 39.5 Å². The molecule has 0 aromatic rings. The third kappa shape index (κ3) is 4.15. The molecule has 1 N–H and O–H groups in total. The Labute approximate surface area is 103 Å². The van der Waals surface area contributed by atoms with Gasteiger partial charge in [0.15, 0.2) is 9.84 Å². The molecule has 17 heavy (non-hydrogen) atoms. The van der Waals surface area contributed by atoms with Crippen LogP contribution in [0.2, 0.25) is 0 Å². The first-order chi connectivity index (χ1) is 7.97. The minimum absolute atomic E-state index is 0.0667. The van der Waals surface area contributed by atoms with E-state index < -0.39 is 15.1 Å². The van der Waals surface area contributed by atoms with E-state index in [2.05, 4.69) is 5.32 Å². The number of sulfone groups is 1. The second-order valence-corrected chi connectivity index (χ2v) is 6.90. The van der Waals surface area contributed by atoms with E-state index in [9.17, 15) is 13.2 Å². The van der Waals surface area contributed by atoms with Crippen LogP contribution in [0, 0.1) is 0 Å². The molecule has 5 heteroatoms. The number of allylic oxidation sites excluding steroid dienone is 1. The van der Waals surface area contributed by atoms with E-state index in [-0.39, 0.29) is 17.7 Å². The van der Waals surface area contributed by atoms with Crippen molar-refractivity contribution in [2.24, 2.45) is 0 Å². The molecule has 0 aromatic carbocycles. The third-order valence-electron chi connectivity index (χ3n) is 3.17. The molecule has 1 saturated carbocycles. The Balaban J connectivity index is 2.55. The minimum Gasteiger partial charge on any atom is -0.352 e. The van der Waals surface area contributed by atoms with Crippen molar-refractivity contribution >= 4 is 15.7 Å². The maximum atomic E-state index is 11.8. The Morgan fingerprint density at radius 2 is 2.00 bits per heavy atom. The lowest BCUT2D eigenvalue weighted by molar-refractivity contribution is -0.121. The summed E-state index contributed by atoms with van der Waals surface area (Å²) >= 11 is 0. The maximum absolute atomic E-state index is 11.8. The average Bonchev–Trinajstić information content (AvgIpc) is 2.78. The fraction of sp³-hybridized carbons (Fsp3) is 0.750. The molecule has 4 nitrogen and oxygen atoms in total. The molecule has 1 amide bonds. The molecule has 1 rings (SSSR count). The zero-order valence-corrected chi connectivity index (χ0v) is 11.3. The molecule has 1 aliphatic rings. The van der Waals surface area contributed by atoms with Crippen molar-refractivity contribution in [1.29, 1.82) is 0 Å². The predicted molar refractivity (Wildman–Crippen MR) is 68.5 cm³/mol. The lowest BCUT2D eigenvalue weighted by atomic mass is 10.2. The van der Waals surface area contributed by atoms with E-state index >= 15 is 0 Å². The van der Waals surface area contributed by atoms with E-state index in [0.717, 1.165) is 25.7 Å². The summed E-state index contributed by atoms with van der Waals surface area (Å²) in [5, 5.41) is 1.86. The lowest BCUT2D eigenvalue weighted by Gasteiger charge is -2.16. The number of carbonyl (C=O) groups is 1. The summed E-state index contributed by atoms with van der Waals surface area (Å²) in [4.78, 5) is 11.8. The predicted octanol–water partition coefficient (Wildman–Crippen LogP) is 1.42. The molecule has 0 spiro atoms. The van der Waals surface area contributed by atoms with Gasteiger partial charge in [-0.1, -0.05) is 25.0 Å². The van der Waals surface area contributed by atoms with Gasteiger partial charge in [-0.2, -0.15) is 0 Å². The van der Waals surface area contributed by atoms with Crippen LogP contribution in [0.3, 0.4) is 0 Å². The molecule has 98 valence electrons. The van der Waals surface area contributed by atoms with Gasteiger partial charge >= 0.3 is 0 Å². The Morgan fingerprint density at radius 3 is 2.53 bits per heavy atom. The monoisotopic (exact) mass is 259 g/mol. The molecule has 0 saturated heterocycles. The summed E-state index contributed by atoms with van der Waals surface area (Å²) in [6, 6.07) is 0.168. The highest BCUT2D eigenvalue weighted by Gasteiger charge is 2.28. The number of carbonyl (C=O) groups excluding carboxylic acids is 1. The van der Waals surface area contributed by atoms with Gasteiger partial charge in [-0.25, -0.2) is 8.42 Å². The second-order valence-electron chi connectivity index (χ2n) is 4.53. The standard InChI is InChI=1S/C12H21NO3S/c1-3-4-9-17(15,16)10(2)12(14)13-11-7-5-6-8-11/h3-4,10-11H,5-9H2,1-2H3,(H,13,14)/b4-3+/t10-/m1/s1. The lowest BCUT2D eigenvalue weighted by Crippen LogP contribution is -2.42. The molecule has 0 bridgehead atoms. The number of hydrogen-bond acceptors (Lipinski definition) is 3. The first-order valence-electron chi connectivity index (χ1n) is 6.10. The fourth-order valence-corrected chi connectivity index (χ4v) is 3.07.